The summed E-state index contributed by atoms with van der Waals surface area (Å²) in [5.74, 6) is -0.780. The van der Waals surface area contributed by atoms with Crippen LogP contribution in [0, 0.1) is 3.57 Å². The summed E-state index contributed by atoms with van der Waals surface area (Å²) in [5, 5.41) is 8.21. The van der Waals surface area contributed by atoms with Crippen LogP contribution in [-0.4, -0.2) is 30.5 Å². The van der Waals surface area contributed by atoms with Gasteiger partial charge in [-0.05, 0) is 76.0 Å². The van der Waals surface area contributed by atoms with Crippen LogP contribution >= 0.6 is 33.9 Å². The van der Waals surface area contributed by atoms with Crippen molar-refractivity contribution in [3.05, 3.63) is 85.6 Å². The van der Waals surface area contributed by atoms with Crippen LogP contribution in [-0.2, 0) is 4.79 Å². The van der Waals surface area contributed by atoms with E-state index in [2.05, 4.69) is 38.4 Å². The summed E-state index contributed by atoms with van der Waals surface area (Å²) in [4.78, 5) is 36.4. The van der Waals surface area contributed by atoms with Gasteiger partial charge in [0.2, 0.25) is 0 Å². The van der Waals surface area contributed by atoms with Crippen molar-refractivity contribution in [2.45, 2.75) is 0 Å². The third-order valence-corrected chi connectivity index (χ3v) is 5.53. The van der Waals surface area contributed by atoms with Crippen molar-refractivity contribution < 1.29 is 19.1 Å². The molecule has 30 heavy (non-hydrogen) atoms. The minimum Gasteiger partial charge on any atom is -0.422 e. The number of carbonyl (C=O) groups excluding carboxylic acids is 3. The summed E-state index contributed by atoms with van der Waals surface area (Å²) >= 11 is 3.37. The molecule has 0 aliphatic heterocycles. The first-order valence-electron chi connectivity index (χ1n) is 8.73. The van der Waals surface area contributed by atoms with E-state index < -0.39 is 11.9 Å². The molecule has 0 radical (unpaired) electrons. The molecule has 0 atom stereocenters. The summed E-state index contributed by atoms with van der Waals surface area (Å²) in [6.45, 7) is -0.196. The Morgan fingerprint density at radius 1 is 1.03 bits per heavy atom. The maximum Gasteiger partial charge on any atom is 0.353 e. The summed E-state index contributed by atoms with van der Waals surface area (Å²) in [5.41, 5.74) is 3.56. The van der Waals surface area contributed by atoms with E-state index in [1.165, 1.54) is 17.6 Å². The molecule has 0 saturated heterocycles. The van der Waals surface area contributed by atoms with E-state index in [0.29, 0.717) is 21.8 Å². The normalized spacial score (nSPS) is 10.6. The molecule has 0 fully saturated rings. The van der Waals surface area contributed by atoms with Crippen LogP contribution in [0.25, 0.3) is 0 Å². The third-order valence-electron chi connectivity index (χ3n) is 3.74. The highest BCUT2D eigenvalue weighted by atomic mass is 127. The molecule has 0 aliphatic carbocycles. The average molecular weight is 533 g/mol. The van der Waals surface area contributed by atoms with Gasteiger partial charge in [0.25, 0.3) is 11.8 Å². The number of amides is 2. The van der Waals surface area contributed by atoms with Gasteiger partial charge in [-0.25, -0.2) is 10.2 Å². The highest BCUT2D eigenvalue weighted by Crippen LogP contribution is 2.16. The number of halogens is 1. The Bertz CT molecular complexity index is 1070. The van der Waals surface area contributed by atoms with Crippen LogP contribution in [0.4, 0.5) is 0 Å². The highest BCUT2D eigenvalue weighted by Gasteiger charge is 2.10. The molecule has 1 aromatic heterocycles. The van der Waals surface area contributed by atoms with Crippen LogP contribution in [0.1, 0.15) is 25.6 Å². The van der Waals surface area contributed by atoms with Crippen LogP contribution in [0.2, 0.25) is 0 Å². The number of hydrazone groups is 1. The molecule has 3 rings (SSSR count). The van der Waals surface area contributed by atoms with Gasteiger partial charge >= 0.3 is 5.97 Å². The van der Waals surface area contributed by atoms with Gasteiger partial charge in [0.05, 0.1) is 18.3 Å². The van der Waals surface area contributed by atoms with E-state index in [0.717, 1.165) is 3.57 Å². The Morgan fingerprint density at radius 3 is 2.50 bits per heavy atom. The predicted octanol–water partition coefficient (Wildman–Crippen LogP) is 3.45. The molecule has 152 valence electrons. The van der Waals surface area contributed by atoms with E-state index in [-0.39, 0.29) is 12.5 Å². The van der Waals surface area contributed by atoms with Gasteiger partial charge in [-0.1, -0.05) is 18.2 Å². The topological polar surface area (TPSA) is 96.9 Å². The van der Waals surface area contributed by atoms with Crippen LogP contribution in [0.3, 0.4) is 0 Å². The minimum absolute atomic E-state index is 0.196. The molecule has 2 aromatic carbocycles. The summed E-state index contributed by atoms with van der Waals surface area (Å²) in [6.07, 6.45) is 1.45. The monoisotopic (exact) mass is 533 g/mol. The number of benzene rings is 2. The first-order chi connectivity index (χ1) is 14.5. The number of hydrogen-bond donors (Lipinski definition) is 2. The lowest BCUT2D eigenvalue weighted by Gasteiger charge is -2.06. The Kier molecular flexibility index (Phi) is 7.69. The summed E-state index contributed by atoms with van der Waals surface area (Å²) < 4.78 is 6.07. The van der Waals surface area contributed by atoms with Crippen LogP contribution < -0.4 is 15.5 Å². The third kappa shape index (κ3) is 6.22. The van der Waals surface area contributed by atoms with E-state index in [9.17, 15) is 14.4 Å². The van der Waals surface area contributed by atoms with Gasteiger partial charge in [-0.2, -0.15) is 5.10 Å². The summed E-state index contributed by atoms with van der Waals surface area (Å²) in [6, 6.07) is 17.2. The molecule has 0 aliphatic rings. The Hall–Kier alpha value is -3.05. The largest absolute Gasteiger partial charge is 0.422 e. The fraction of sp³-hybridized carbons (Fsp3) is 0.0476. The van der Waals surface area contributed by atoms with Crippen molar-refractivity contribution in [3.8, 4) is 5.75 Å². The lowest BCUT2D eigenvalue weighted by Crippen LogP contribution is -2.35. The second-order valence-electron chi connectivity index (χ2n) is 5.89. The first-order valence-corrected chi connectivity index (χ1v) is 10.7. The van der Waals surface area contributed by atoms with Crippen molar-refractivity contribution in [1.29, 1.82) is 0 Å². The lowest BCUT2D eigenvalue weighted by atomic mass is 10.2. The fourth-order valence-corrected chi connectivity index (χ4v) is 3.52. The molecule has 0 saturated carbocycles. The van der Waals surface area contributed by atoms with Gasteiger partial charge in [-0.3, -0.25) is 9.59 Å². The predicted molar refractivity (Wildman–Crippen MR) is 123 cm³/mol. The van der Waals surface area contributed by atoms with E-state index >= 15 is 0 Å². The molecule has 7 nitrogen and oxygen atoms in total. The number of thiophene rings is 1. The molecule has 0 bridgehead atoms. The molecule has 2 N–H and O–H groups in total. The zero-order chi connectivity index (χ0) is 21.3. The summed E-state index contributed by atoms with van der Waals surface area (Å²) in [7, 11) is 0. The smallest absolute Gasteiger partial charge is 0.353 e. The highest BCUT2D eigenvalue weighted by molar-refractivity contribution is 14.1. The number of carbonyl (C=O) groups is 3. The second-order valence-corrected chi connectivity index (χ2v) is 8.00. The van der Waals surface area contributed by atoms with E-state index in [1.54, 1.807) is 53.9 Å². The van der Waals surface area contributed by atoms with Crippen molar-refractivity contribution in [2.24, 2.45) is 5.10 Å². The molecule has 3 aromatic rings. The van der Waals surface area contributed by atoms with Crippen LogP contribution in [0.15, 0.2) is 71.1 Å². The maximum atomic E-state index is 12.1. The molecule has 2 amide bonds. The zero-order valence-electron chi connectivity index (χ0n) is 15.5. The average Bonchev–Trinajstić information content (AvgIpc) is 3.29. The first kappa shape index (κ1) is 21.7. The number of ether oxygens (including phenoxy) is 1. The zero-order valence-corrected chi connectivity index (χ0v) is 18.5. The Labute approximate surface area is 190 Å². The number of esters is 1. The van der Waals surface area contributed by atoms with Crippen molar-refractivity contribution >= 4 is 57.9 Å². The second kappa shape index (κ2) is 10.6. The number of nitrogens with zero attached hydrogens (tertiary/aromatic N) is 1. The Balaban J connectivity index is 1.44. The number of rotatable bonds is 7. The van der Waals surface area contributed by atoms with E-state index in [4.69, 9.17) is 4.74 Å². The molecule has 1 heterocycles. The minimum atomic E-state index is -0.452. The molecule has 0 spiro atoms. The van der Waals surface area contributed by atoms with Gasteiger partial charge in [0.15, 0.2) is 0 Å². The fourth-order valence-electron chi connectivity index (χ4n) is 2.29. The van der Waals surface area contributed by atoms with Gasteiger partial charge in [0.1, 0.15) is 10.6 Å². The van der Waals surface area contributed by atoms with E-state index in [1.807, 2.05) is 12.1 Å². The maximum absolute atomic E-state index is 12.1. The molecule has 0 unspecified atom stereocenters. The molecule has 9 heteroatoms. The van der Waals surface area contributed by atoms with Gasteiger partial charge in [0, 0.05) is 3.57 Å². The quantitative estimate of drug-likeness (QED) is 0.160. The van der Waals surface area contributed by atoms with Crippen molar-refractivity contribution in [1.82, 2.24) is 10.7 Å². The molecular formula is C21H16IN3O4S. The SMILES string of the molecule is O=C(CNC(=O)c1ccccc1I)N/N=C/c1ccc(OC(=O)c2cccs2)cc1. The number of hydrogen-bond acceptors (Lipinski definition) is 6. The van der Waals surface area contributed by atoms with Crippen LogP contribution in [0.5, 0.6) is 5.75 Å². The van der Waals surface area contributed by atoms with Crippen molar-refractivity contribution in [2.75, 3.05) is 6.54 Å². The van der Waals surface area contributed by atoms with Crippen molar-refractivity contribution in [3.63, 3.8) is 0 Å². The standard InChI is InChI=1S/C21H16IN3O4S/c22-17-5-2-1-4-16(17)20(27)23-13-19(26)25-24-12-14-7-9-15(10-8-14)29-21(28)18-6-3-11-30-18/h1-12H,13H2,(H,23,27)(H,25,26)/b24-12+. The van der Waals surface area contributed by atoms with Gasteiger partial charge < -0.3 is 10.1 Å². The molecular weight excluding hydrogens is 517 g/mol. The number of nitrogens with one attached hydrogen (secondary N) is 2. The van der Waals surface area contributed by atoms with Gasteiger partial charge in [-0.15, -0.1) is 11.3 Å². The lowest BCUT2D eigenvalue weighted by molar-refractivity contribution is -0.120. The Morgan fingerprint density at radius 2 is 1.80 bits per heavy atom.